The lowest BCUT2D eigenvalue weighted by Gasteiger charge is -2.18. The molecule has 1 aromatic rings. The van der Waals surface area contributed by atoms with Crippen molar-refractivity contribution in [1.82, 2.24) is 0 Å². The highest BCUT2D eigenvalue weighted by Gasteiger charge is 2.09. The van der Waals surface area contributed by atoms with Crippen LogP contribution in [-0.2, 0) is 11.2 Å². The van der Waals surface area contributed by atoms with Crippen molar-refractivity contribution < 1.29 is 4.79 Å². The molecule has 1 heterocycles. The van der Waals surface area contributed by atoms with Crippen molar-refractivity contribution in [2.45, 2.75) is 25.7 Å². The topological polar surface area (TPSA) is 41.1 Å². The lowest BCUT2D eigenvalue weighted by atomic mass is 10.0. The molecule has 0 saturated carbocycles. The van der Waals surface area contributed by atoms with E-state index >= 15 is 0 Å². The first-order chi connectivity index (χ1) is 8.29. The molecule has 1 aromatic carbocycles. The molecule has 0 fully saturated rings. The van der Waals surface area contributed by atoms with Crippen molar-refractivity contribution in [2.75, 3.05) is 17.2 Å². The molecule has 0 saturated heterocycles. The maximum absolute atomic E-state index is 11.5. The Balaban J connectivity index is 2.02. The summed E-state index contributed by atoms with van der Waals surface area (Å²) in [6.07, 6.45) is 8.25. The number of fused-ring (bicyclic) bond motifs is 1. The standard InChI is InChI=1S/C14H16N2O/c1-2-3-6-14(17)16-12-8-7-11-5-4-9-15-13(11)10-12/h1,7-8,10,15H,3-6,9H2,(H,16,17). The summed E-state index contributed by atoms with van der Waals surface area (Å²) in [5.41, 5.74) is 3.28. The number of nitrogens with one attached hydrogen (secondary N) is 2. The van der Waals surface area contributed by atoms with E-state index in [4.69, 9.17) is 6.42 Å². The van der Waals surface area contributed by atoms with E-state index in [-0.39, 0.29) is 5.91 Å². The molecule has 0 spiro atoms. The summed E-state index contributed by atoms with van der Waals surface area (Å²) < 4.78 is 0. The molecule has 3 nitrogen and oxygen atoms in total. The SMILES string of the molecule is C#CCCC(=O)Nc1ccc2c(c1)NCCC2. The Kier molecular flexibility index (Phi) is 3.66. The van der Waals surface area contributed by atoms with Gasteiger partial charge in [-0.1, -0.05) is 6.07 Å². The van der Waals surface area contributed by atoms with Crippen LogP contribution in [0.15, 0.2) is 18.2 Å². The zero-order valence-electron chi connectivity index (χ0n) is 9.75. The highest BCUT2D eigenvalue weighted by Crippen LogP contribution is 2.25. The highest BCUT2D eigenvalue weighted by molar-refractivity contribution is 5.91. The predicted molar refractivity (Wildman–Crippen MR) is 69.9 cm³/mol. The van der Waals surface area contributed by atoms with Gasteiger partial charge in [0, 0.05) is 30.8 Å². The molecule has 2 N–H and O–H groups in total. The first-order valence-electron chi connectivity index (χ1n) is 5.90. The average molecular weight is 228 g/mol. The smallest absolute Gasteiger partial charge is 0.225 e. The van der Waals surface area contributed by atoms with Gasteiger partial charge < -0.3 is 10.6 Å². The van der Waals surface area contributed by atoms with E-state index in [2.05, 4.69) is 22.6 Å². The fourth-order valence-electron chi connectivity index (χ4n) is 1.95. The van der Waals surface area contributed by atoms with Gasteiger partial charge in [0.2, 0.25) is 5.91 Å². The van der Waals surface area contributed by atoms with Gasteiger partial charge in [0.05, 0.1) is 0 Å². The van der Waals surface area contributed by atoms with E-state index in [0.29, 0.717) is 12.8 Å². The van der Waals surface area contributed by atoms with Crippen molar-refractivity contribution in [3.8, 4) is 12.3 Å². The van der Waals surface area contributed by atoms with E-state index in [9.17, 15) is 4.79 Å². The molecule has 0 aliphatic carbocycles. The zero-order chi connectivity index (χ0) is 12.1. The van der Waals surface area contributed by atoms with Crippen LogP contribution in [0.3, 0.4) is 0 Å². The highest BCUT2D eigenvalue weighted by atomic mass is 16.1. The molecule has 1 amide bonds. The minimum absolute atomic E-state index is 0.0290. The minimum atomic E-state index is -0.0290. The van der Waals surface area contributed by atoms with Crippen LogP contribution in [-0.4, -0.2) is 12.5 Å². The van der Waals surface area contributed by atoms with Crippen molar-refractivity contribution in [3.05, 3.63) is 23.8 Å². The van der Waals surface area contributed by atoms with Crippen LogP contribution in [0.4, 0.5) is 11.4 Å². The molecule has 3 heteroatoms. The second-order valence-electron chi connectivity index (χ2n) is 4.15. The molecule has 88 valence electrons. The van der Waals surface area contributed by atoms with E-state index in [0.717, 1.165) is 24.3 Å². The van der Waals surface area contributed by atoms with Gasteiger partial charge >= 0.3 is 0 Å². The number of aryl methyl sites for hydroxylation is 1. The summed E-state index contributed by atoms with van der Waals surface area (Å²) in [5.74, 6) is 2.43. The summed E-state index contributed by atoms with van der Waals surface area (Å²) >= 11 is 0. The second kappa shape index (κ2) is 5.40. The summed E-state index contributed by atoms with van der Waals surface area (Å²) in [6.45, 7) is 1.00. The summed E-state index contributed by atoms with van der Waals surface area (Å²) in [7, 11) is 0. The number of benzene rings is 1. The number of amides is 1. The lowest BCUT2D eigenvalue weighted by Crippen LogP contribution is -2.14. The average Bonchev–Trinajstić information content (AvgIpc) is 2.36. The summed E-state index contributed by atoms with van der Waals surface area (Å²) in [6, 6.07) is 6.00. The molecule has 17 heavy (non-hydrogen) atoms. The molecule has 1 aliphatic heterocycles. The molecule has 1 aliphatic rings. The van der Waals surface area contributed by atoms with Gasteiger partial charge in [0.15, 0.2) is 0 Å². The molecule has 0 atom stereocenters. The lowest BCUT2D eigenvalue weighted by molar-refractivity contribution is -0.116. The Morgan fingerprint density at radius 3 is 3.24 bits per heavy atom. The largest absolute Gasteiger partial charge is 0.385 e. The third kappa shape index (κ3) is 3.01. The third-order valence-electron chi connectivity index (χ3n) is 2.83. The number of carbonyl (C=O) groups excluding carboxylic acids is 1. The number of hydrogen-bond donors (Lipinski definition) is 2. The molecule has 0 unspecified atom stereocenters. The quantitative estimate of drug-likeness (QED) is 0.780. The zero-order valence-corrected chi connectivity index (χ0v) is 9.75. The van der Waals surface area contributed by atoms with Crippen LogP contribution in [0.5, 0.6) is 0 Å². The Morgan fingerprint density at radius 1 is 1.53 bits per heavy atom. The monoisotopic (exact) mass is 228 g/mol. The molecular weight excluding hydrogens is 212 g/mol. The number of anilines is 2. The normalized spacial score (nSPS) is 13.1. The molecular formula is C14H16N2O. The summed E-state index contributed by atoms with van der Waals surface area (Å²) in [5, 5.41) is 6.19. The van der Waals surface area contributed by atoms with Gasteiger partial charge in [-0.05, 0) is 30.5 Å². The van der Waals surface area contributed by atoms with Gasteiger partial charge in [-0.25, -0.2) is 0 Å². The fraction of sp³-hybridized carbons (Fsp3) is 0.357. The van der Waals surface area contributed by atoms with Gasteiger partial charge in [0.1, 0.15) is 0 Å². The van der Waals surface area contributed by atoms with Crippen molar-refractivity contribution in [1.29, 1.82) is 0 Å². The first-order valence-corrected chi connectivity index (χ1v) is 5.90. The van der Waals surface area contributed by atoms with E-state index in [1.807, 2.05) is 12.1 Å². The Bertz CT molecular complexity index is 460. The molecule has 0 bridgehead atoms. The van der Waals surface area contributed by atoms with Crippen LogP contribution in [0.1, 0.15) is 24.8 Å². The fourth-order valence-corrected chi connectivity index (χ4v) is 1.95. The second-order valence-corrected chi connectivity index (χ2v) is 4.15. The van der Waals surface area contributed by atoms with Crippen molar-refractivity contribution in [2.24, 2.45) is 0 Å². The Hall–Kier alpha value is -1.95. The van der Waals surface area contributed by atoms with E-state index < -0.39 is 0 Å². The minimum Gasteiger partial charge on any atom is -0.385 e. The van der Waals surface area contributed by atoms with Crippen molar-refractivity contribution in [3.63, 3.8) is 0 Å². The number of hydrogen-bond acceptors (Lipinski definition) is 2. The molecule has 2 rings (SSSR count). The van der Waals surface area contributed by atoms with Crippen LogP contribution in [0, 0.1) is 12.3 Å². The molecule has 0 radical (unpaired) electrons. The third-order valence-corrected chi connectivity index (χ3v) is 2.83. The van der Waals surface area contributed by atoms with Gasteiger partial charge in [-0.3, -0.25) is 4.79 Å². The summed E-state index contributed by atoms with van der Waals surface area (Å²) in [4.78, 5) is 11.5. The van der Waals surface area contributed by atoms with Crippen LogP contribution in [0.25, 0.3) is 0 Å². The van der Waals surface area contributed by atoms with Gasteiger partial charge in [0.25, 0.3) is 0 Å². The van der Waals surface area contributed by atoms with Crippen LogP contribution < -0.4 is 10.6 Å². The van der Waals surface area contributed by atoms with E-state index in [1.165, 1.54) is 12.0 Å². The Morgan fingerprint density at radius 2 is 2.41 bits per heavy atom. The van der Waals surface area contributed by atoms with Crippen molar-refractivity contribution >= 4 is 17.3 Å². The predicted octanol–water partition coefficient (Wildman–Crippen LogP) is 2.40. The van der Waals surface area contributed by atoms with Crippen LogP contribution in [0.2, 0.25) is 0 Å². The van der Waals surface area contributed by atoms with Crippen LogP contribution >= 0.6 is 0 Å². The maximum Gasteiger partial charge on any atom is 0.225 e. The van der Waals surface area contributed by atoms with Gasteiger partial charge in [-0.15, -0.1) is 12.3 Å². The number of rotatable bonds is 3. The van der Waals surface area contributed by atoms with E-state index in [1.54, 1.807) is 0 Å². The Labute approximate surface area is 102 Å². The number of carbonyl (C=O) groups is 1. The maximum atomic E-state index is 11.5. The molecule has 0 aromatic heterocycles. The van der Waals surface area contributed by atoms with Gasteiger partial charge in [-0.2, -0.15) is 0 Å². The first kappa shape index (κ1) is 11.5. The number of terminal acetylenes is 1.